The Bertz CT molecular complexity index is 1500. The first-order valence-corrected chi connectivity index (χ1v) is 13.0. The van der Waals surface area contributed by atoms with Crippen LogP contribution in [0.5, 0.6) is 17.2 Å². The van der Waals surface area contributed by atoms with E-state index in [0.29, 0.717) is 5.56 Å². The fraction of sp³-hybridized carbons (Fsp3) is 0.226. The molecule has 4 aromatic rings. The van der Waals surface area contributed by atoms with Crippen LogP contribution in [0.1, 0.15) is 16.7 Å². The SMILES string of the molecule is FC(F)C(F)(F)Oc1ccccc1NCC(Cc1ccccc1)(c1cccc(OC(F)(F)F)c1)c1cccc(OC(F)(F)F)c1. The monoisotopic (exact) mass is 647 g/mol. The fourth-order valence-corrected chi connectivity index (χ4v) is 4.70. The van der Waals surface area contributed by atoms with E-state index in [1.165, 1.54) is 42.5 Å². The largest absolute Gasteiger partial charge is 0.573 e. The maximum atomic E-state index is 13.9. The number of nitrogens with one attached hydrogen (secondary N) is 1. The van der Waals surface area contributed by atoms with Gasteiger partial charge >= 0.3 is 25.3 Å². The van der Waals surface area contributed by atoms with E-state index in [0.717, 1.165) is 30.3 Å². The summed E-state index contributed by atoms with van der Waals surface area (Å²) >= 11 is 0. The van der Waals surface area contributed by atoms with Gasteiger partial charge in [-0.15, -0.1) is 26.3 Å². The molecule has 4 rings (SSSR count). The highest BCUT2D eigenvalue weighted by Crippen LogP contribution is 2.41. The standard InChI is InChI=1S/C31H23F10NO3/c32-27(33)29(34,35)45-26-15-5-4-14-25(26)42-19-28(18-20-8-2-1-3-9-20,21-10-6-12-23(16-21)43-30(36,37)38)22-11-7-13-24(17-22)44-31(39,40)41/h1-17,27,42H,18-19H2. The maximum absolute atomic E-state index is 13.9. The summed E-state index contributed by atoms with van der Waals surface area (Å²) in [4.78, 5) is 0. The minimum absolute atomic E-state index is 0.0675. The van der Waals surface area contributed by atoms with Crippen molar-refractivity contribution in [1.29, 1.82) is 0 Å². The van der Waals surface area contributed by atoms with E-state index in [4.69, 9.17) is 0 Å². The molecule has 1 N–H and O–H groups in total. The van der Waals surface area contributed by atoms with Crippen LogP contribution in [0.4, 0.5) is 49.6 Å². The van der Waals surface area contributed by atoms with E-state index in [1.807, 2.05) is 0 Å². The molecule has 0 spiro atoms. The molecule has 45 heavy (non-hydrogen) atoms. The zero-order valence-corrected chi connectivity index (χ0v) is 22.8. The highest BCUT2D eigenvalue weighted by molar-refractivity contribution is 5.58. The summed E-state index contributed by atoms with van der Waals surface area (Å²) in [6.07, 6.45) is -19.3. The summed E-state index contributed by atoms with van der Waals surface area (Å²) < 4.78 is 145. The second kappa shape index (κ2) is 13.2. The normalized spacial score (nSPS) is 12.6. The van der Waals surface area contributed by atoms with Gasteiger partial charge in [0.25, 0.3) is 0 Å². The molecule has 0 unspecified atom stereocenters. The highest BCUT2D eigenvalue weighted by atomic mass is 19.4. The highest BCUT2D eigenvalue weighted by Gasteiger charge is 2.45. The molecule has 240 valence electrons. The third kappa shape index (κ3) is 8.96. The summed E-state index contributed by atoms with van der Waals surface area (Å²) in [7, 11) is 0. The lowest BCUT2D eigenvalue weighted by atomic mass is 9.70. The molecule has 0 aliphatic heterocycles. The molecule has 0 heterocycles. The predicted octanol–water partition coefficient (Wildman–Crippen LogP) is 9.36. The first kappa shape index (κ1) is 33.3. The number of rotatable bonds is 12. The molecule has 0 bridgehead atoms. The number of anilines is 1. The topological polar surface area (TPSA) is 39.7 Å². The van der Waals surface area contributed by atoms with E-state index in [9.17, 15) is 43.9 Å². The molecule has 4 aromatic carbocycles. The average molecular weight is 648 g/mol. The van der Waals surface area contributed by atoms with Gasteiger partial charge in [0.2, 0.25) is 0 Å². The van der Waals surface area contributed by atoms with Gasteiger partial charge in [0.05, 0.1) is 5.69 Å². The van der Waals surface area contributed by atoms with Crippen LogP contribution in [-0.4, -0.2) is 31.8 Å². The molecule has 0 radical (unpaired) electrons. The second-order valence-corrected chi connectivity index (χ2v) is 9.71. The van der Waals surface area contributed by atoms with Gasteiger partial charge in [-0.05, 0) is 59.5 Å². The molecule has 0 aromatic heterocycles. The Kier molecular flexibility index (Phi) is 9.74. The van der Waals surface area contributed by atoms with Gasteiger partial charge in [-0.25, -0.2) is 0 Å². The molecule has 0 saturated heterocycles. The molecule has 0 fully saturated rings. The van der Waals surface area contributed by atoms with Crippen molar-refractivity contribution in [3.63, 3.8) is 0 Å². The van der Waals surface area contributed by atoms with Crippen LogP contribution in [0.25, 0.3) is 0 Å². The number of ether oxygens (including phenoxy) is 3. The smallest absolute Gasteiger partial charge is 0.426 e. The summed E-state index contributed by atoms with van der Waals surface area (Å²) in [6.45, 7) is -0.381. The zero-order chi connectivity index (χ0) is 32.9. The number of hydrogen-bond donors (Lipinski definition) is 1. The minimum atomic E-state index is -5.08. The minimum Gasteiger partial charge on any atom is -0.426 e. The first-order valence-electron chi connectivity index (χ1n) is 13.0. The molecule has 0 aliphatic rings. The van der Waals surface area contributed by atoms with Crippen LogP contribution in [0.15, 0.2) is 103 Å². The van der Waals surface area contributed by atoms with Crippen molar-refractivity contribution in [2.75, 3.05) is 11.9 Å². The summed E-state index contributed by atoms with van der Waals surface area (Å²) in [5, 5.41) is 2.84. The predicted molar refractivity (Wildman–Crippen MR) is 144 cm³/mol. The van der Waals surface area contributed by atoms with E-state index < -0.39 is 47.9 Å². The van der Waals surface area contributed by atoms with E-state index in [-0.39, 0.29) is 29.8 Å². The molecule has 0 amide bonds. The Hall–Kier alpha value is -4.62. The van der Waals surface area contributed by atoms with E-state index >= 15 is 0 Å². The number of halogens is 10. The Morgan fingerprint density at radius 2 is 1.09 bits per heavy atom. The quantitative estimate of drug-likeness (QED) is 0.156. The van der Waals surface area contributed by atoms with E-state index in [2.05, 4.69) is 19.5 Å². The van der Waals surface area contributed by atoms with Crippen molar-refractivity contribution < 1.29 is 58.1 Å². The van der Waals surface area contributed by atoms with Crippen molar-refractivity contribution in [3.05, 3.63) is 120 Å². The Morgan fingerprint density at radius 1 is 0.578 bits per heavy atom. The Morgan fingerprint density at radius 3 is 1.60 bits per heavy atom. The first-order chi connectivity index (χ1) is 21.1. The van der Waals surface area contributed by atoms with Crippen LogP contribution >= 0.6 is 0 Å². The Balaban J connectivity index is 1.90. The Labute approximate surface area is 250 Å². The lowest BCUT2D eigenvalue weighted by molar-refractivity contribution is -0.275. The number of hydrogen-bond acceptors (Lipinski definition) is 4. The second-order valence-electron chi connectivity index (χ2n) is 9.71. The van der Waals surface area contributed by atoms with Crippen LogP contribution in [0.3, 0.4) is 0 Å². The maximum Gasteiger partial charge on any atom is 0.573 e. The van der Waals surface area contributed by atoms with Gasteiger partial charge < -0.3 is 19.5 Å². The lowest BCUT2D eigenvalue weighted by Gasteiger charge is -2.37. The van der Waals surface area contributed by atoms with Gasteiger partial charge in [0.15, 0.2) is 0 Å². The van der Waals surface area contributed by atoms with Crippen molar-refractivity contribution >= 4 is 5.69 Å². The van der Waals surface area contributed by atoms with Gasteiger partial charge in [-0.1, -0.05) is 66.7 Å². The molecule has 0 saturated carbocycles. The van der Waals surface area contributed by atoms with Crippen molar-refractivity contribution in [1.82, 2.24) is 0 Å². The average Bonchev–Trinajstić information content (AvgIpc) is 2.95. The molecule has 0 aliphatic carbocycles. The summed E-state index contributed by atoms with van der Waals surface area (Å²) in [5.74, 6) is -1.96. The van der Waals surface area contributed by atoms with E-state index in [1.54, 1.807) is 30.3 Å². The third-order valence-corrected chi connectivity index (χ3v) is 6.56. The van der Waals surface area contributed by atoms with Gasteiger partial charge in [0.1, 0.15) is 17.2 Å². The summed E-state index contributed by atoms with van der Waals surface area (Å²) in [6, 6.07) is 22.7. The van der Waals surface area contributed by atoms with Crippen LogP contribution in [-0.2, 0) is 11.8 Å². The van der Waals surface area contributed by atoms with Gasteiger partial charge in [-0.2, -0.15) is 17.6 Å². The number of alkyl halides is 10. The number of para-hydroxylation sites is 2. The molecule has 4 nitrogen and oxygen atoms in total. The number of benzene rings is 4. The molecule has 0 atom stereocenters. The fourth-order valence-electron chi connectivity index (χ4n) is 4.70. The van der Waals surface area contributed by atoms with Crippen molar-refractivity contribution in [2.24, 2.45) is 0 Å². The van der Waals surface area contributed by atoms with Crippen molar-refractivity contribution in [2.45, 2.75) is 37.1 Å². The van der Waals surface area contributed by atoms with Crippen LogP contribution in [0.2, 0.25) is 0 Å². The lowest BCUT2D eigenvalue weighted by Crippen LogP contribution is -2.39. The van der Waals surface area contributed by atoms with Crippen molar-refractivity contribution in [3.8, 4) is 17.2 Å². The summed E-state index contributed by atoms with van der Waals surface area (Å²) in [5.41, 5.74) is -0.963. The third-order valence-electron chi connectivity index (χ3n) is 6.56. The molecular formula is C31H23F10NO3. The molecular weight excluding hydrogens is 624 g/mol. The van der Waals surface area contributed by atoms with Crippen LogP contribution < -0.4 is 19.5 Å². The van der Waals surface area contributed by atoms with Gasteiger partial charge in [-0.3, -0.25) is 0 Å². The van der Waals surface area contributed by atoms with Gasteiger partial charge in [0, 0.05) is 12.0 Å². The molecule has 14 heteroatoms. The van der Waals surface area contributed by atoms with Crippen LogP contribution in [0, 0.1) is 0 Å². The zero-order valence-electron chi connectivity index (χ0n) is 22.8.